The number of allylic oxidation sites excluding steroid dienone is 1. The minimum Gasteiger partial charge on any atom is -0.497 e. The lowest BCUT2D eigenvalue weighted by molar-refractivity contribution is 0.311. The van der Waals surface area contributed by atoms with Crippen LogP contribution in [0.15, 0.2) is 48.7 Å². The first-order valence-corrected chi connectivity index (χ1v) is 3.80. The van der Waals surface area contributed by atoms with Crippen molar-refractivity contribution in [3.05, 3.63) is 54.3 Å². The van der Waals surface area contributed by atoms with E-state index in [1.54, 1.807) is 13.2 Å². The van der Waals surface area contributed by atoms with Crippen molar-refractivity contribution in [2.45, 2.75) is 0 Å². The number of hydrogen-bond donors (Lipinski definition) is 0. The van der Waals surface area contributed by atoms with Gasteiger partial charge >= 0.3 is 0 Å². The monoisotopic (exact) mass is 160 g/mol. The first kappa shape index (κ1) is 8.60. The van der Waals surface area contributed by atoms with E-state index in [0.29, 0.717) is 0 Å². The van der Waals surface area contributed by atoms with Gasteiger partial charge in [0.25, 0.3) is 0 Å². The fourth-order valence-electron chi connectivity index (χ4n) is 0.915. The fraction of sp³-hybridized carbons (Fsp3) is 0.0909. The van der Waals surface area contributed by atoms with Gasteiger partial charge in [-0.2, -0.15) is 0 Å². The molecule has 0 aliphatic heterocycles. The Morgan fingerprint density at radius 3 is 2.50 bits per heavy atom. The van der Waals surface area contributed by atoms with E-state index in [9.17, 15) is 0 Å². The number of rotatable bonds is 3. The van der Waals surface area contributed by atoms with Gasteiger partial charge in [-0.25, -0.2) is 0 Å². The molecular weight excluding hydrogens is 148 g/mol. The summed E-state index contributed by atoms with van der Waals surface area (Å²) in [5.74, 6) is 0.779. The normalized spacial score (nSPS) is 10.9. The maximum atomic E-state index is 5.05. The molecule has 0 saturated carbocycles. The van der Waals surface area contributed by atoms with Gasteiger partial charge in [0, 0.05) is 0 Å². The van der Waals surface area contributed by atoms with E-state index < -0.39 is 0 Å². The maximum absolute atomic E-state index is 5.05. The first-order valence-electron chi connectivity index (χ1n) is 3.80. The molecule has 0 N–H and O–H groups in total. The van der Waals surface area contributed by atoms with Crippen molar-refractivity contribution in [3.8, 4) is 0 Å². The summed E-state index contributed by atoms with van der Waals surface area (Å²) in [5.41, 5.74) is 1.12. The highest BCUT2D eigenvalue weighted by Crippen LogP contribution is 2.06. The summed E-state index contributed by atoms with van der Waals surface area (Å²) in [6.45, 7) is 3.63. The van der Waals surface area contributed by atoms with Crippen molar-refractivity contribution in [2.75, 3.05) is 7.11 Å². The zero-order valence-electron chi connectivity index (χ0n) is 7.16. The van der Waals surface area contributed by atoms with Crippen molar-refractivity contribution in [3.63, 3.8) is 0 Å². The van der Waals surface area contributed by atoms with Gasteiger partial charge in [-0.3, -0.25) is 0 Å². The first-order chi connectivity index (χ1) is 5.86. The van der Waals surface area contributed by atoms with Crippen LogP contribution >= 0.6 is 0 Å². The Kier molecular flexibility index (Phi) is 3.15. The van der Waals surface area contributed by atoms with E-state index >= 15 is 0 Å². The van der Waals surface area contributed by atoms with Crippen molar-refractivity contribution >= 4 is 6.08 Å². The van der Waals surface area contributed by atoms with Gasteiger partial charge in [0.15, 0.2) is 0 Å². The number of methoxy groups -OCH3 is 1. The third kappa shape index (κ3) is 2.27. The standard InChI is InChI=1S/C11H12O/c1-3-11(12-2)9-10-7-5-4-6-8-10/h3-9H,1H2,2H3/b11-9-. The van der Waals surface area contributed by atoms with E-state index in [1.807, 2.05) is 36.4 Å². The molecule has 1 heteroatoms. The molecule has 0 aromatic heterocycles. The summed E-state index contributed by atoms with van der Waals surface area (Å²) in [5, 5.41) is 0. The summed E-state index contributed by atoms with van der Waals surface area (Å²) < 4.78 is 5.05. The van der Waals surface area contributed by atoms with Gasteiger partial charge in [-0.1, -0.05) is 36.9 Å². The van der Waals surface area contributed by atoms with Crippen molar-refractivity contribution in [2.24, 2.45) is 0 Å². The van der Waals surface area contributed by atoms with Gasteiger partial charge in [0.2, 0.25) is 0 Å². The number of hydrogen-bond acceptors (Lipinski definition) is 1. The molecule has 0 unspecified atom stereocenters. The Morgan fingerprint density at radius 1 is 1.33 bits per heavy atom. The average molecular weight is 160 g/mol. The highest BCUT2D eigenvalue weighted by atomic mass is 16.5. The summed E-state index contributed by atoms with van der Waals surface area (Å²) in [6, 6.07) is 9.99. The second-order valence-corrected chi connectivity index (χ2v) is 2.37. The average Bonchev–Trinajstić information content (AvgIpc) is 2.16. The van der Waals surface area contributed by atoms with Crippen molar-refractivity contribution in [1.29, 1.82) is 0 Å². The Balaban J connectivity index is 2.86. The smallest absolute Gasteiger partial charge is 0.118 e. The quantitative estimate of drug-likeness (QED) is 0.488. The fourth-order valence-corrected chi connectivity index (χ4v) is 0.915. The van der Waals surface area contributed by atoms with Crippen LogP contribution in [0.2, 0.25) is 0 Å². The molecule has 0 atom stereocenters. The highest BCUT2D eigenvalue weighted by molar-refractivity contribution is 5.53. The van der Waals surface area contributed by atoms with E-state index in [2.05, 4.69) is 6.58 Å². The van der Waals surface area contributed by atoms with Crippen molar-refractivity contribution in [1.82, 2.24) is 0 Å². The van der Waals surface area contributed by atoms with Crippen LogP contribution in [-0.4, -0.2) is 7.11 Å². The maximum Gasteiger partial charge on any atom is 0.118 e. The lowest BCUT2D eigenvalue weighted by Crippen LogP contribution is -1.80. The largest absolute Gasteiger partial charge is 0.497 e. The van der Waals surface area contributed by atoms with Crippen molar-refractivity contribution < 1.29 is 4.74 Å². The van der Waals surface area contributed by atoms with Gasteiger partial charge < -0.3 is 4.74 Å². The molecule has 1 aromatic rings. The molecule has 0 bridgehead atoms. The molecule has 0 fully saturated rings. The summed E-state index contributed by atoms with van der Waals surface area (Å²) in [6.07, 6.45) is 3.62. The Morgan fingerprint density at radius 2 is 2.00 bits per heavy atom. The predicted octanol–water partition coefficient (Wildman–Crippen LogP) is 2.86. The minimum atomic E-state index is 0.779. The molecule has 0 saturated heterocycles. The van der Waals surface area contributed by atoms with E-state index in [4.69, 9.17) is 4.74 Å². The molecule has 1 nitrogen and oxygen atoms in total. The molecule has 12 heavy (non-hydrogen) atoms. The molecular formula is C11H12O. The number of benzene rings is 1. The van der Waals surface area contributed by atoms with Gasteiger partial charge in [-0.05, 0) is 17.7 Å². The number of ether oxygens (including phenoxy) is 1. The molecule has 0 aliphatic carbocycles. The van der Waals surface area contributed by atoms with Gasteiger partial charge in [0.05, 0.1) is 7.11 Å². The SMILES string of the molecule is C=C/C(=C/c1ccccc1)OC. The van der Waals surface area contributed by atoms with Crippen LogP contribution in [0, 0.1) is 0 Å². The Hall–Kier alpha value is -1.50. The summed E-state index contributed by atoms with van der Waals surface area (Å²) in [4.78, 5) is 0. The lowest BCUT2D eigenvalue weighted by Gasteiger charge is -1.98. The highest BCUT2D eigenvalue weighted by Gasteiger charge is 1.88. The van der Waals surface area contributed by atoms with E-state index in [1.165, 1.54) is 0 Å². The van der Waals surface area contributed by atoms with E-state index in [0.717, 1.165) is 11.3 Å². The summed E-state index contributed by atoms with van der Waals surface area (Å²) >= 11 is 0. The van der Waals surface area contributed by atoms with E-state index in [-0.39, 0.29) is 0 Å². The third-order valence-corrected chi connectivity index (χ3v) is 1.55. The molecule has 1 aromatic carbocycles. The minimum absolute atomic E-state index is 0.779. The third-order valence-electron chi connectivity index (χ3n) is 1.55. The van der Waals surface area contributed by atoms with Crippen LogP contribution in [0.3, 0.4) is 0 Å². The van der Waals surface area contributed by atoms with Crippen LogP contribution in [0.1, 0.15) is 5.56 Å². The van der Waals surface area contributed by atoms with Gasteiger partial charge in [0.1, 0.15) is 5.76 Å². The Labute approximate surface area is 73.0 Å². The predicted molar refractivity (Wildman–Crippen MR) is 51.6 cm³/mol. The zero-order valence-corrected chi connectivity index (χ0v) is 7.16. The van der Waals surface area contributed by atoms with Crippen LogP contribution in [-0.2, 0) is 4.74 Å². The lowest BCUT2D eigenvalue weighted by atomic mass is 10.2. The second kappa shape index (κ2) is 4.39. The van der Waals surface area contributed by atoms with Crippen LogP contribution < -0.4 is 0 Å². The molecule has 1 rings (SSSR count). The Bertz CT molecular complexity index is 272. The second-order valence-electron chi connectivity index (χ2n) is 2.37. The molecule has 0 heterocycles. The molecule has 62 valence electrons. The molecule has 0 aliphatic rings. The molecule has 0 radical (unpaired) electrons. The van der Waals surface area contributed by atoms with Crippen LogP contribution in [0.4, 0.5) is 0 Å². The topological polar surface area (TPSA) is 9.23 Å². The van der Waals surface area contributed by atoms with Crippen LogP contribution in [0.5, 0.6) is 0 Å². The molecule has 0 amide bonds. The zero-order chi connectivity index (χ0) is 8.81. The summed E-state index contributed by atoms with van der Waals surface area (Å²) in [7, 11) is 1.64. The molecule has 0 spiro atoms. The van der Waals surface area contributed by atoms with Crippen LogP contribution in [0.25, 0.3) is 6.08 Å². The van der Waals surface area contributed by atoms with Gasteiger partial charge in [-0.15, -0.1) is 0 Å².